The van der Waals surface area contributed by atoms with Crippen molar-refractivity contribution >= 4 is 11.9 Å². The van der Waals surface area contributed by atoms with Crippen LogP contribution in [0.3, 0.4) is 0 Å². The van der Waals surface area contributed by atoms with Crippen LogP contribution in [0.4, 0.5) is 4.39 Å². The zero-order chi connectivity index (χ0) is 18.0. The molecule has 1 heterocycles. The van der Waals surface area contributed by atoms with E-state index >= 15 is 0 Å². The molecule has 0 spiro atoms. The van der Waals surface area contributed by atoms with Gasteiger partial charge in [-0.05, 0) is 42.7 Å². The third kappa shape index (κ3) is 3.55. The Bertz CT molecular complexity index is 811. The molecule has 1 atom stereocenters. The summed E-state index contributed by atoms with van der Waals surface area (Å²) < 4.78 is 24.8. The minimum Gasteiger partial charge on any atom is -0.459 e. The van der Waals surface area contributed by atoms with Crippen molar-refractivity contribution in [2.24, 2.45) is 0 Å². The quantitative estimate of drug-likeness (QED) is 0.620. The fraction of sp³-hybridized carbons (Fsp3) is 0.300. The number of carbonyl (C=O) groups excluding carboxylic acids is 2. The third-order valence-electron chi connectivity index (χ3n) is 4.14. The van der Waals surface area contributed by atoms with Gasteiger partial charge in [-0.25, -0.2) is 14.0 Å². The molecule has 0 aliphatic carbocycles. The standard InChI is InChI=1S/C20H19FO4/c1-3-4-13-5-7-14(8-6-13)19(22)25-16-10-9-15-11-12(2)24-20(23)17(15)18(16)21/h5-10,12H,3-4,11H2,1-2H3. The second-order valence-electron chi connectivity index (χ2n) is 6.17. The number of aryl methyl sites for hydroxylation is 1. The van der Waals surface area contributed by atoms with E-state index in [0.29, 0.717) is 17.5 Å². The highest BCUT2D eigenvalue weighted by atomic mass is 19.1. The number of cyclic esters (lactones) is 1. The van der Waals surface area contributed by atoms with Gasteiger partial charge in [0.15, 0.2) is 11.6 Å². The molecule has 1 aliphatic heterocycles. The molecule has 0 bridgehead atoms. The monoisotopic (exact) mass is 342 g/mol. The zero-order valence-electron chi connectivity index (χ0n) is 14.2. The van der Waals surface area contributed by atoms with Gasteiger partial charge < -0.3 is 9.47 Å². The van der Waals surface area contributed by atoms with Crippen molar-refractivity contribution in [1.29, 1.82) is 0 Å². The van der Waals surface area contributed by atoms with Crippen LogP contribution in [0, 0.1) is 5.82 Å². The second-order valence-corrected chi connectivity index (χ2v) is 6.17. The fourth-order valence-electron chi connectivity index (χ4n) is 2.91. The molecule has 0 saturated carbocycles. The molecule has 0 amide bonds. The summed E-state index contributed by atoms with van der Waals surface area (Å²) in [6.07, 6.45) is 2.08. The largest absolute Gasteiger partial charge is 0.459 e. The van der Waals surface area contributed by atoms with Crippen molar-refractivity contribution in [3.8, 4) is 5.75 Å². The van der Waals surface area contributed by atoms with Crippen LogP contribution in [0.1, 0.15) is 52.1 Å². The highest BCUT2D eigenvalue weighted by molar-refractivity contribution is 5.94. The lowest BCUT2D eigenvalue weighted by Crippen LogP contribution is -2.26. The van der Waals surface area contributed by atoms with E-state index in [4.69, 9.17) is 9.47 Å². The summed E-state index contributed by atoms with van der Waals surface area (Å²) in [6.45, 7) is 3.82. The van der Waals surface area contributed by atoms with E-state index in [2.05, 4.69) is 6.92 Å². The van der Waals surface area contributed by atoms with Gasteiger partial charge in [0.2, 0.25) is 0 Å². The topological polar surface area (TPSA) is 52.6 Å². The van der Waals surface area contributed by atoms with Gasteiger partial charge in [0.05, 0.1) is 5.56 Å². The number of benzene rings is 2. The summed E-state index contributed by atoms with van der Waals surface area (Å²) in [5, 5.41) is 0. The first-order valence-electron chi connectivity index (χ1n) is 8.33. The van der Waals surface area contributed by atoms with Gasteiger partial charge in [-0.2, -0.15) is 0 Å². The summed E-state index contributed by atoms with van der Waals surface area (Å²) in [6, 6.07) is 9.98. The Morgan fingerprint density at radius 1 is 1.24 bits per heavy atom. The SMILES string of the molecule is CCCc1ccc(C(=O)Oc2ccc3c(c2F)C(=O)OC(C)C3)cc1. The predicted molar refractivity (Wildman–Crippen MR) is 90.4 cm³/mol. The van der Waals surface area contributed by atoms with Gasteiger partial charge in [-0.1, -0.05) is 31.5 Å². The van der Waals surface area contributed by atoms with Gasteiger partial charge in [0.1, 0.15) is 11.7 Å². The van der Waals surface area contributed by atoms with Crippen molar-refractivity contribution < 1.29 is 23.5 Å². The molecule has 3 rings (SSSR count). The summed E-state index contributed by atoms with van der Waals surface area (Å²) in [7, 11) is 0. The first-order valence-corrected chi connectivity index (χ1v) is 8.33. The molecule has 0 N–H and O–H groups in total. The van der Waals surface area contributed by atoms with E-state index < -0.39 is 17.8 Å². The molecule has 2 aromatic rings. The molecular formula is C20H19FO4. The number of carbonyl (C=O) groups is 2. The molecule has 4 nitrogen and oxygen atoms in total. The van der Waals surface area contributed by atoms with E-state index in [1.165, 1.54) is 6.07 Å². The summed E-state index contributed by atoms with van der Waals surface area (Å²) >= 11 is 0. The molecule has 1 aliphatic rings. The minimum absolute atomic E-state index is 0.151. The number of ether oxygens (including phenoxy) is 2. The normalized spacial score (nSPS) is 16.1. The van der Waals surface area contributed by atoms with E-state index in [1.54, 1.807) is 25.1 Å². The molecule has 25 heavy (non-hydrogen) atoms. The van der Waals surface area contributed by atoms with Crippen LogP contribution in [0.2, 0.25) is 0 Å². The van der Waals surface area contributed by atoms with Crippen molar-refractivity contribution in [2.75, 3.05) is 0 Å². The Morgan fingerprint density at radius 3 is 2.64 bits per heavy atom. The Labute approximate surface area is 145 Å². The number of halogens is 1. The highest BCUT2D eigenvalue weighted by Crippen LogP contribution is 2.29. The van der Waals surface area contributed by atoms with Gasteiger partial charge in [-0.15, -0.1) is 0 Å². The molecule has 1 unspecified atom stereocenters. The smallest absolute Gasteiger partial charge is 0.343 e. The fourth-order valence-corrected chi connectivity index (χ4v) is 2.91. The van der Waals surface area contributed by atoms with E-state index in [-0.39, 0.29) is 17.4 Å². The summed E-state index contributed by atoms with van der Waals surface area (Å²) in [4.78, 5) is 24.2. The Hall–Kier alpha value is -2.69. The zero-order valence-corrected chi connectivity index (χ0v) is 14.2. The lowest BCUT2D eigenvalue weighted by atomic mass is 9.98. The van der Waals surface area contributed by atoms with Gasteiger partial charge in [0.25, 0.3) is 0 Å². The van der Waals surface area contributed by atoms with E-state index in [1.807, 2.05) is 12.1 Å². The van der Waals surface area contributed by atoms with Crippen LogP contribution in [-0.4, -0.2) is 18.0 Å². The van der Waals surface area contributed by atoms with Gasteiger partial charge in [-0.3, -0.25) is 0 Å². The summed E-state index contributed by atoms with van der Waals surface area (Å²) in [5.41, 5.74) is 1.86. The molecule has 5 heteroatoms. The first kappa shape index (κ1) is 17.1. The van der Waals surface area contributed by atoms with Crippen molar-refractivity contribution in [1.82, 2.24) is 0 Å². The maximum absolute atomic E-state index is 14.6. The van der Waals surface area contributed by atoms with Crippen LogP contribution in [-0.2, 0) is 17.6 Å². The average Bonchev–Trinajstić information content (AvgIpc) is 2.57. The average molecular weight is 342 g/mol. The van der Waals surface area contributed by atoms with Crippen LogP contribution < -0.4 is 4.74 Å². The lowest BCUT2D eigenvalue weighted by molar-refractivity contribution is 0.0291. The van der Waals surface area contributed by atoms with Crippen molar-refractivity contribution in [2.45, 2.75) is 39.2 Å². The van der Waals surface area contributed by atoms with Gasteiger partial charge >= 0.3 is 11.9 Å². The molecule has 2 aromatic carbocycles. The predicted octanol–water partition coefficient (Wildman–Crippen LogP) is 4.10. The van der Waals surface area contributed by atoms with Crippen LogP contribution >= 0.6 is 0 Å². The van der Waals surface area contributed by atoms with Crippen LogP contribution in [0.15, 0.2) is 36.4 Å². The number of hydrogen-bond donors (Lipinski definition) is 0. The Balaban J connectivity index is 1.82. The third-order valence-corrected chi connectivity index (χ3v) is 4.14. The number of rotatable bonds is 4. The van der Waals surface area contributed by atoms with Crippen LogP contribution in [0.25, 0.3) is 0 Å². The van der Waals surface area contributed by atoms with Crippen LogP contribution in [0.5, 0.6) is 5.75 Å². The molecule has 130 valence electrons. The number of hydrogen-bond acceptors (Lipinski definition) is 4. The van der Waals surface area contributed by atoms with E-state index in [0.717, 1.165) is 18.4 Å². The molecule has 0 saturated heterocycles. The van der Waals surface area contributed by atoms with Crippen molar-refractivity contribution in [3.05, 3.63) is 64.5 Å². The first-order chi connectivity index (χ1) is 12.0. The lowest BCUT2D eigenvalue weighted by Gasteiger charge is -2.22. The summed E-state index contributed by atoms with van der Waals surface area (Å²) in [5.74, 6) is -2.52. The maximum atomic E-state index is 14.6. The number of esters is 2. The second kappa shape index (κ2) is 7.05. The molecule has 0 radical (unpaired) electrons. The molecular weight excluding hydrogens is 323 g/mol. The maximum Gasteiger partial charge on any atom is 0.343 e. The van der Waals surface area contributed by atoms with Crippen molar-refractivity contribution in [3.63, 3.8) is 0 Å². The minimum atomic E-state index is -0.856. The Kier molecular flexibility index (Phi) is 4.83. The molecule has 0 aromatic heterocycles. The van der Waals surface area contributed by atoms with E-state index in [9.17, 15) is 14.0 Å². The van der Waals surface area contributed by atoms with Gasteiger partial charge in [0, 0.05) is 6.42 Å². The Morgan fingerprint density at radius 2 is 1.96 bits per heavy atom. The highest BCUT2D eigenvalue weighted by Gasteiger charge is 2.29. The molecule has 0 fully saturated rings. The number of fused-ring (bicyclic) bond motifs is 1.